The lowest BCUT2D eigenvalue weighted by Gasteiger charge is -2.05. The molecule has 6 nitrogen and oxygen atoms in total. The largest absolute Gasteiger partial charge is 0.496 e. The Balaban J connectivity index is 2.26. The van der Waals surface area contributed by atoms with Crippen molar-refractivity contribution in [1.29, 1.82) is 5.26 Å². The summed E-state index contributed by atoms with van der Waals surface area (Å²) in [7, 11) is 1.42. The number of ether oxygens (including phenoxy) is 1. The van der Waals surface area contributed by atoms with Crippen LogP contribution in [0.15, 0.2) is 23.8 Å². The Morgan fingerprint density at radius 2 is 2.30 bits per heavy atom. The van der Waals surface area contributed by atoms with Crippen molar-refractivity contribution in [3.8, 4) is 11.8 Å². The number of methoxy groups -OCH3 is 1. The Kier molecular flexibility index (Phi) is 5.38. The molecule has 0 aliphatic heterocycles. The molecule has 0 atom stereocenters. The molecule has 1 heterocycles. The number of carbonyl (C=O) groups excluding carboxylic acids is 1. The van der Waals surface area contributed by atoms with Gasteiger partial charge in [-0.1, -0.05) is 18.3 Å². The lowest BCUT2D eigenvalue weighted by atomic mass is 10.1. The topological polar surface area (TPSA) is 87.9 Å². The summed E-state index contributed by atoms with van der Waals surface area (Å²) >= 11 is 1.23. The molecule has 0 saturated heterocycles. The zero-order chi connectivity index (χ0) is 16.8. The number of nitrogens with zero attached hydrogens (tertiary/aromatic N) is 3. The molecule has 0 aliphatic rings. The molecule has 2 rings (SSSR count). The van der Waals surface area contributed by atoms with E-state index in [1.165, 1.54) is 42.7 Å². The fourth-order valence-electron chi connectivity index (χ4n) is 1.73. The van der Waals surface area contributed by atoms with Gasteiger partial charge in [-0.15, -0.1) is 10.2 Å². The third-order valence-electron chi connectivity index (χ3n) is 2.85. The summed E-state index contributed by atoms with van der Waals surface area (Å²) in [6, 6.07) is 5.63. The van der Waals surface area contributed by atoms with Gasteiger partial charge in [-0.3, -0.25) is 10.1 Å². The Morgan fingerprint density at radius 3 is 2.91 bits per heavy atom. The Morgan fingerprint density at radius 1 is 1.52 bits per heavy atom. The van der Waals surface area contributed by atoms with E-state index in [1.54, 1.807) is 6.07 Å². The third kappa shape index (κ3) is 4.11. The number of aryl methyl sites for hydroxylation is 1. The molecule has 0 unspecified atom stereocenters. The van der Waals surface area contributed by atoms with E-state index in [0.29, 0.717) is 22.9 Å². The smallest absolute Gasteiger partial charge is 0.268 e. The first-order chi connectivity index (χ1) is 11.1. The van der Waals surface area contributed by atoms with Crippen LogP contribution in [0, 0.1) is 17.1 Å². The second-order valence-corrected chi connectivity index (χ2v) is 5.43. The van der Waals surface area contributed by atoms with E-state index in [0.717, 1.165) is 5.01 Å². The first-order valence-electron chi connectivity index (χ1n) is 6.66. The predicted molar refractivity (Wildman–Crippen MR) is 84.5 cm³/mol. The Labute approximate surface area is 136 Å². The zero-order valence-corrected chi connectivity index (χ0v) is 13.3. The van der Waals surface area contributed by atoms with E-state index in [4.69, 9.17) is 4.74 Å². The van der Waals surface area contributed by atoms with Gasteiger partial charge in [0.1, 0.15) is 28.2 Å². The van der Waals surface area contributed by atoms with Gasteiger partial charge in [0.25, 0.3) is 5.91 Å². The van der Waals surface area contributed by atoms with Gasteiger partial charge in [-0.2, -0.15) is 5.26 Å². The van der Waals surface area contributed by atoms with Crippen molar-refractivity contribution in [3.05, 3.63) is 40.2 Å². The van der Waals surface area contributed by atoms with Crippen molar-refractivity contribution in [2.45, 2.75) is 13.3 Å². The number of benzene rings is 1. The molecule has 0 bridgehead atoms. The van der Waals surface area contributed by atoms with E-state index in [-0.39, 0.29) is 5.57 Å². The molecule has 1 N–H and O–H groups in total. The van der Waals surface area contributed by atoms with Crippen molar-refractivity contribution >= 4 is 28.5 Å². The van der Waals surface area contributed by atoms with E-state index in [2.05, 4.69) is 15.5 Å². The Bertz CT molecular complexity index is 795. The highest BCUT2D eigenvalue weighted by atomic mass is 32.1. The highest BCUT2D eigenvalue weighted by molar-refractivity contribution is 7.15. The summed E-state index contributed by atoms with van der Waals surface area (Å²) in [6.45, 7) is 1.92. The number of carbonyl (C=O) groups is 1. The fraction of sp³-hybridized carbons (Fsp3) is 0.200. The maximum Gasteiger partial charge on any atom is 0.268 e. The second kappa shape index (κ2) is 7.47. The lowest BCUT2D eigenvalue weighted by Crippen LogP contribution is -2.13. The minimum absolute atomic E-state index is 0.192. The van der Waals surface area contributed by atoms with Crippen LogP contribution in [0.25, 0.3) is 6.08 Å². The second-order valence-electron chi connectivity index (χ2n) is 4.36. The summed E-state index contributed by atoms with van der Waals surface area (Å²) < 4.78 is 18.4. The van der Waals surface area contributed by atoms with E-state index >= 15 is 0 Å². The minimum atomic E-state index is -0.641. The molecular formula is C15H13FN4O2S. The van der Waals surface area contributed by atoms with Gasteiger partial charge >= 0.3 is 0 Å². The first-order valence-corrected chi connectivity index (χ1v) is 7.48. The number of halogens is 1. The molecule has 0 spiro atoms. The molecule has 118 valence electrons. The maximum absolute atomic E-state index is 13.3. The van der Waals surface area contributed by atoms with Crippen LogP contribution < -0.4 is 10.1 Å². The molecule has 0 saturated carbocycles. The summed E-state index contributed by atoms with van der Waals surface area (Å²) in [5.74, 6) is -0.778. The molecule has 1 aromatic heterocycles. The molecule has 1 amide bonds. The monoisotopic (exact) mass is 332 g/mol. The van der Waals surface area contributed by atoms with Crippen LogP contribution in [0.2, 0.25) is 0 Å². The van der Waals surface area contributed by atoms with Crippen LogP contribution >= 0.6 is 11.3 Å². The fourth-order valence-corrected chi connectivity index (χ4v) is 2.41. The highest BCUT2D eigenvalue weighted by Crippen LogP contribution is 2.23. The quantitative estimate of drug-likeness (QED) is 0.672. The molecule has 0 fully saturated rings. The number of hydrogen-bond donors (Lipinski definition) is 1. The van der Waals surface area contributed by atoms with Crippen LogP contribution in [0.1, 0.15) is 17.5 Å². The van der Waals surface area contributed by atoms with E-state index in [1.807, 2.05) is 6.92 Å². The van der Waals surface area contributed by atoms with Crippen molar-refractivity contribution in [3.63, 3.8) is 0 Å². The van der Waals surface area contributed by atoms with Crippen LogP contribution in [0.3, 0.4) is 0 Å². The molecular weight excluding hydrogens is 319 g/mol. The van der Waals surface area contributed by atoms with Crippen LogP contribution in [0.4, 0.5) is 9.52 Å². The van der Waals surface area contributed by atoms with Gasteiger partial charge in [-0.05, 0) is 30.7 Å². The molecule has 8 heteroatoms. The van der Waals surface area contributed by atoms with Crippen LogP contribution in [-0.4, -0.2) is 23.2 Å². The van der Waals surface area contributed by atoms with E-state index in [9.17, 15) is 14.4 Å². The van der Waals surface area contributed by atoms with Gasteiger partial charge in [-0.25, -0.2) is 4.39 Å². The van der Waals surface area contributed by atoms with Gasteiger partial charge < -0.3 is 4.74 Å². The van der Waals surface area contributed by atoms with Crippen LogP contribution in [0.5, 0.6) is 5.75 Å². The average molecular weight is 332 g/mol. The first kappa shape index (κ1) is 16.6. The van der Waals surface area contributed by atoms with Gasteiger partial charge in [0.15, 0.2) is 0 Å². The summed E-state index contributed by atoms with van der Waals surface area (Å²) in [4.78, 5) is 12.1. The molecule has 2 aromatic rings. The lowest BCUT2D eigenvalue weighted by molar-refractivity contribution is -0.112. The maximum atomic E-state index is 13.3. The van der Waals surface area contributed by atoms with Gasteiger partial charge in [0, 0.05) is 5.56 Å². The number of amides is 1. The van der Waals surface area contributed by atoms with Gasteiger partial charge in [0.2, 0.25) is 5.13 Å². The number of hydrogen-bond acceptors (Lipinski definition) is 6. The minimum Gasteiger partial charge on any atom is -0.496 e. The standard InChI is InChI=1S/C15H13FN4O2S/c1-3-13-19-20-15(23-13)18-14(21)10(8-17)6-9-7-11(16)4-5-12(9)22-2/h4-7H,3H2,1-2H3,(H,18,20,21)/b10-6+. The van der Waals surface area contributed by atoms with Crippen LogP contribution in [-0.2, 0) is 11.2 Å². The summed E-state index contributed by atoms with van der Waals surface area (Å²) in [5.41, 5.74) is 0.104. The highest BCUT2D eigenvalue weighted by Gasteiger charge is 2.14. The number of nitriles is 1. The van der Waals surface area contributed by atoms with Crippen molar-refractivity contribution in [2.24, 2.45) is 0 Å². The molecule has 23 heavy (non-hydrogen) atoms. The van der Waals surface area contributed by atoms with Crippen molar-refractivity contribution in [2.75, 3.05) is 12.4 Å². The number of nitrogens with one attached hydrogen (secondary N) is 1. The molecule has 0 radical (unpaired) electrons. The number of rotatable bonds is 5. The van der Waals surface area contributed by atoms with Gasteiger partial charge in [0.05, 0.1) is 7.11 Å². The third-order valence-corrected chi connectivity index (χ3v) is 3.83. The number of anilines is 1. The van der Waals surface area contributed by atoms with Crippen molar-refractivity contribution in [1.82, 2.24) is 10.2 Å². The van der Waals surface area contributed by atoms with Crippen molar-refractivity contribution < 1.29 is 13.9 Å². The summed E-state index contributed by atoms with van der Waals surface area (Å²) in [6.07, 6.45) is 1.97. The summed E-state index contributed by atoms with van der Waals surface area (Å²) in [5, 5.41) is 20.4. The van der Waals surface area contributed by atoms with E-state index < -0.39 is 11.7 Å². The molecule has 0 aliphatic carbocycles. The SMILES string of the molecule is CCc1nnc(NC(=O)/C(C#N)=C/c2cc(F)ccc2OC)s1. The normalized spacial score (nSPS) is 11.0. The average Bonchev–Trinajstić information content (AvgIpc) is 3.00. The Hall–Kier alpha value is -2.79. The molecule has 1 aromatic carbocycles. The number of aromatic nitrogens is 2. The predicted octanol–water partition coefficient (Wildman–Crippen LogP) is 2.79. The zero-order valence-electron chi connectivity index (χ0n) is 12.5.